The summed E-state index contributed by atoms with van der Waals surface area (Å²) >= 11 is 13.7. The molecule has 240 valence electrons. The number of hydrogen-bond acceptors (Lipinski definition) is 10. The van der Waals surface area contributed by atoms with Crippen molar-refractivity contribution in [3.05, 3.63) is 93.2 Å². The zero-order chi connectivity index (χ0) is 31.7. The van der Waals surface area contributed by atoms with Crippen molar-refractivity contribution < 1.29 is 18.7 Å². The van der Waals surface area contributed by atoms with Crippen molar-refractivity contribution in [3.63, 3.8) is 0 Å². The van der Waals surface area contributed by atoms with E-state index in [1.54, 1.807) is 18.2 Å². The lowest BCUT2D eigenvalue weighted by molar-refractivity contribution is -0.131. The average Bonchev–Trinajstić information content (AvgIpc) is 3.93. The van der Waals surface area contributed by atoms with E-state index in [2.05, 4.69) is 26.3 Å². The fourth-order valence-corrected chi connectivity index (χ4v) is 7.96. The number of hydrazine groups is 1. The maximum absolute atomic E-state index is 13.9. The third-order valence-electron chi connectivity index (χ3n) is 9.23. The summed E-state index contributed by atoms with van der Waals surface area (Å²) in [6, 6.07) is 17.9. The standard InChI is InChI=1S/C32H32Cl2FN7O3S/c1-39(31-29(45-31)37-13-18-7-10-21(33)22(34)11-18)41-16-26(43)42-23(12-17-5-8-20(35)9-6-17)28-30(44-28)40(15-25(41)42)14-19-3-2-4-24-27(19)38-32(36)46-24/h2-11,23,25,28-31,37H,12-16H2,1H3,(H2,36,38)/t23-,25+,28?,29?,30?,31?/m0/s1. The number of para-hydroxylation sites is 1. The molecule has 0 spiro atoms. The molecule has 4 unspecified atom stereocenters. The fraction of sp³-hybridized carbons (Fsp3) is 0.375. The van der Waals surface area contributed by atoms with Crippen LogP contribution >= 0.6 is 34.5 Å². The van der Waals surface area contributed by atoms with Gasteiger partial charge in [-0.05, 0) is 53.4 Å². The number of halogens is 3. The van der Waals surface area contributed by atoms with Crippen LogP contribution in [-0.2, 0) is 33.8 Å². The van der Waals surface area contributed by atoms with Gasteiger partial charge in [-0.1, -0.05) is 64.9 Å². The predicted octanol–water partition coefficient (Wildman–Crippen LogP) is 4.27. The lowest BCUT2D eigenvalue weighted by Crippen LogP contribution is -2.55. The van der Waals surface area contributed by atoms with Crippen LogP contribution in [0.1, 0.15) is 16.7 Å². The summed E-state index contributed by atoms with van der Waals surface area (Å²) in [5.74, 6) is -0.265. The number of hydrogen-bond donors (Lipinski definition) is 2. The van der Waals surface area contributed by atoms with E-state index in [4.69, 9.17) is 38.4 Å². The van der Waals surface area contributed by atoms with Gasteiger partial charge in [-0.15, -0.1) is 0 Å². The first kappa shape index (κ1) is 30.4. The number of nitrogens with zero attached hydrogens (tertiary/aromatic N) is 5. The maximum atomic E-state index is 13.9. The number of epoxide rings is 2. The van der Waals surface area contributed by atoms with Crippen molar-refractivity contribution in [1.29, 1.82) is 0 Å². The summed E-state index contributed by atoms with van der Waals surface area (Å²) in [5.41, 5.74) is 9.96. The molecule has 1 amide bonds. The van der Waals surface area contributed by atoms with Crippen LogP contribution in [-0.4, -0.2) is 87.8 Å². The third-order valence-corrected chi connectivity index (χ3v) is 10.8. The minimum Gasteiger partial charge on any atom is -0.375 e. The molecular formula is C32H32Cl2FN7O3S. The minimum absolute atomic E-state index is 0.0235. The number of nitrogens with two attached hydrogens (primary N) is 1. The first-order chi connectivity index (χ1) is 22.2. The van der Waals surface area contributed by atoms with E-state index in [1.807, 2.05) is 41.2 Å². The normalized spacial score (nSPS) is 27.7. The summed E-state index contributed by atoms with van der Waals surface area (Å²) in [6.07, 6.45) is -0.521. The van der Waals surface area contributed by atoms with Crippen LogP contribution in [0.25, 0.3) is 10.2 Å². The van der Waals surface area contributed by atoms with Gasteiger partial charge in [-0.2, -0.15) is 0 Å². The van der Waals surface area contributed by atoms with Crippen molar-refractivity contribution in [2.24, 2.45) is 0 Å². The Bertz CT molecular complexity index is 1800. The molecule has 4 aliphatic rings. The Morgan fingerprint density at radius 1 is 1.11 bits per heavy atom. The second-order valence-corrected chi connectivity index (χ2v) is 14.0. The van der Waals surface area contributed by atoms with Gasteiger partial charge in [-0.3, -0.25) is 15.0 Å². The molecule has 0 saturated carbocycles. The molecule has 3 aromatic carbocycles. The number of anilines is 1. The number of nitrogens with one attached hydrogen (secondary N) is 1. The van der Waals surface area contributed by atoms with Crippen LogP contribution in [0.3, 0.4) is 0 Å². The summed E-state index contributed by atoms with van der Waals surface area (Å²) in [7, 11) is 1.96. The molecule has 14 heteroatoms. The SMILES string of the molecule is CN(C1OC1NCc1ccc(Cl)c(Cl)c1)N1CC(=O)N2[C@@H](Cc3ccc(F)cc3)C3OC3N(Cc3cccc4sc(N)nc34)C[C@@H]21. The Hall–Kier alpha value is -2.91. The van der Waals surface area contributed by atoms with Gasteiger partial charge in [0.25, 0.3) is 0 Å². The number of likely N-dealkylation sites (N-methyl/N-ethyl adjacent to an activating group) is 1. The molecular weight excluding hydrogens is 652 g/mol. The molecule has 0 radical (unpaired) electrons. The lowest BCUT2D eigenvalue weighted by atomic mass is 10.0. The molecule has 4 saturated heterocycles. The van der Waals surface area contributed by atoms with E-state index in [-0.39, 0.29) is 55.3 Å². The van der Waals surface area contributed by atoms with Gasteiger partial charge >= 0.3 is 0 Å². The van der Waals surface area contributed by atoms with Crippen molar-refractivity contribution in [2.45, 2.75) is 56.5 Å². The Labute approximate surface area is 279 Å². The average molecular weight is 685 g/mol. The van der Waals surface area contributed by atoms with Gasteiger partial charge in [0.15, 0.2) is 17.6 Å². The molecule has 1 aromatic heterocycles. The van der Waals surface area contributed by atoms with E-state index in [0.717, 1.165) is 26.9 Å². The van der Waals surface area contributed by atoms with Crippen molar-refractivity contribution >= 4 is 55.8 Å². The third kappa shape index (κ3) is 5.76. The quantitative estimate of drug-likeness (QED) is 0.250. The van der Waals surface area contributed by atoms with E-state index in [0.29, 0.717) is 41.2 Å². The number of ether oxygens (including phenoxy) is 2. The van der Waals surface area contributed by atoms with Gasteiger partial charge in [0.2, 0.25) is 5.91 Å². The monoisotopic (exact) mass is 683 g/mol. The number of thiazole rings is 1. The molecule has 5 heterocycles. The van der Waals surface area contributed by atoms with Gasteiger partial charge in [0.05, 0.1) is 32.8 Å². The van der Waals surface area contributed by atoms with Crippen molar-refractivity contribution in [3.8, 4) is 0 Å². The summed E-state index contributed by atoms with van der Waals surface area (Å²) < 4.78 is 27.2. The highest BCUT2D eigenvalue weighted by atomic mass is 35.5. The fourth-order valence-electron chi connectivity index (χ4n) is 6.86. The molecule has 8 rings (SSSR count). The van der Waals surface area contributed by atoms with Gasteiger partial charge in [-0.25, -0.2) is 19.4 Å². The van der Waals surface area contributed by atoms with Gasteiger partial charge in [0.1, 0.15) is 24.3 Å². The molecule has 10 nitrogen and oxygen atoms in total. The Morgan fingerprint density at radius 2 is 1.91 bits per heavy atom. The Morgan fingerprint density at radius 3 is 2.72 bits per heavy atom. The molecule has 0 bridgehead atoms. The van der Waals surface area contributed by atoms with E-state index in [9.17, 15) is 9.18 Å². The van der Waals surface area contributed by atoms with Crippen LogP contribution in [0.15, 0.2) is 60.7 Å². The number of carbonyl (C=O) groups is 1. The van der Waals surface area contributed by atoms with Crippen LogP contribution in [0.4, 0.5) is 9.52 Å². The molecule has 4 fully saturated rings. The number of nitrogen functional groups attached to an aromatic ring is 1. The first-order valence-electron chi connectivity index (χ1n) is 15.1. The van der Waals surface area contributed by atoms with Crippen LogP contribution in [0, 0.1) is 5.82 Å². The number of amides is 1. The highest BCUT2D eigenvalue weighted by Gasteiger charge is 2.60. The highest BCUT2D eigenvalue weighted by molar-refractivity contribution is 7.22. The second kappa shape index (κ2) is 12.0. The first-order valence-corrected chi connectivity index (χ1v) is 16.7. The number of benzene rings is 3. The molecule has 6 atom stereocenters. The van der Waals surface area contributed by atoms with Crippen LogP contribution < -0.4 is 11.1 Å². The van der Waals surface area contributed by atoms with E-state index in [1.165, 1.54) is 23.5 Å². The van der Waals surface area contributed by atoms with E-state index >= 15 is 0 Å². The summed E-state index contributed by atoms with van der Waals surface area (Å²) in [6.45, 7) is 1.92. The molecule has 3 N–H and O–H groups in total. The lowest BCUT2D eigenvalue weighted by Gasteiger charge is -2.38. The zero-order valence-corrected chi connectivity index (χ0v) is 27.2. The molecule has 4 aliphatic heterocycles. The van der Waals surface area contributed by atoms with Crippen molar-refractivity contribution in [2.75, 3.05) is 25.9 Å². The summed E-state index contributed by atoms with van der Waals surface area (Å²) in [4.78, 5) is 22.7. The van der Waals surface area contributed by atoms with Gasteiger partial charge < -0.3 is 20.1 Å². The second-order valence-electron chi connectivity index (χ2n) is 12.2. The highest BCUT2D eigenvalue weighted by Crippen LogP contribution is 2.42. The smallest absolute Gasteiger partial charge is 0.240 e. The predicted molar refractivity (Wildman–Crippen MR) is 174 cm³/mol. The van der Waals surface area contributed by atoms with Crippen molar-refractivity contribution in [1.82, 2.24) is 30.1 Å². The Kier molecular flexibility index (Phi) is 7.91. The van der Waals surface area contributed by atoms with Crippen LogP contribution in [0.5, 0.6) is 0 Å². The zero-order valence-electron chi connectivity index (χ0n) is 24.9. The number of fused-ring (bicyclic) bond motifs is 3. The molecule has 0 aliphatic carbocycles. The van der Waals surface area contributed by atoms with E-state index < -0.39 is 0 Å². The van der Waals surface area contributed by atoms with Crippen LogP contribution in [0.2, 0.25) is 10.0 Å². The largest absolute Gasteiger partial charge is 0.375 e. The Balaban J connectivity index is 1.04. The topological polar surface area (TPSA) is 106 Å². The number of carbonyl (C=O) groups excluding carboxylic acids is 1. The summed E-state index contributed by atoms with van der Waals surface area (Å²) in [5, 5.41) is 9.11. The number of rotatable bonds is 9. The number of aromatic nitrogens is 1. The molecule has 46 heavy (non-hydrogen) atoms. The minimum atomic E-state index is -0.289. The van der Waals surface area contributed by atoms with Gasteiger partial charge in [0, 0.05) is 26.7 Å². The maximum Gasteiger partial charge on any atom is 0.240 e. The molecule has 4 aromatic rings.